The molecule has 0 fully saturated rings. The van der Waals surface area contributed by atoms with Gasteiger partial charge in [-0.1, -0.05) is 13.3 Å². The molecular formula is C20H24N2O5S. The van der Waals surface area contributed by atoms with Crippen LogP contribution in [-0.4, -0.2) is 29.8 Å². The number of benzene rings is 2. The number of nitro benzene ring substituents is 1. The monoisotopic (exact) mass is 404 g/mol. The first-order chi connectivity index (χ1) is 13.4. The summed E-state index contributed by atoms with van der Waals surface area (Å²) in [6.07, 6.45) is 1.94. The van der Waals surface area contributed by atoms with Gasteiger partial charge in [0.15, 0.2) is 0 Å². The van der Waals surface area contributed by atoms with Crippen LogP contribution in [-0.2, 0) is 4.79 Å². The van der Waals surface area contributed by atoms with E-state index in [2.05, 4.69) is 12.2 Å². The molecule has 1 amide bonds. The van der Waals surface area contributed by atoms with Crippen molar-refractivity contribution < 1.29 is 19.2 Å². The van der Waals surface area contributed by atoms with Gasteiger partial charge in [-0.2, -0.15) is 0 Å². The molecule has 0 aliphatic heterocycles. The van der Waals surface area contributed by atoms with Gasteiger partial charge in [-0.15, -0.1) is 11.8 Å². The van der Waals surface area contributed by atoms with Crippen molar-refractivity contribution in [1.29, 1.82) is 0 Å². The molecule has 0 saturated heterocycles. The summed E-state index contributed by atoms with van der Waals surface area (Å²) in [5, 5.41) is 13.2. The van der Waals surface area contributed by atoms with Gasteiger partial charge in [0.05, 0.1) is 29.6 Å². The molecule has 0 aliphatic rings. The molecule has 2 aromatic rings. The van der Waals surface area contributed by atoms with E-state index in [0.717, 1.165) is 17.7 Å². The van der Waals surface area contributed by atoms with Crippen LogP contribution in [0.25, 0.3) is 0 Å². The van der Waals surface area contributed by atoms with Crippen LogP contribution in [0.3, 0.4) is 0 Å². The number of non-ortho nitro benzene ring substituents is 1. The van der Waals surface area contributed by atoms with E-state index in [4.69, 9.17) is 9.47 Å². The van der Waals surface area contributed by atoms with Crippen molar-refractivity contribution in [2.24, 2.45) is 0 Å². The lowest BCUT2D eigenvalue weighted by molar-refractivity contribution is -0.384. The van der Waals surface area contributed by atoms with Gasteiger partial charge in [0.1, 0.15) is 11.5 Å². The molecule has 2 rings (SSSR count). The van der Waals surface area contributed by atoms with E-state index < -0.39 is 10.2 Å². The summed E-state index contributed by atoms with van der Waals surface area (Å²) in [6.45, 7) is 4.43. The van der Waals surface area contributed by atoms with Crippen LogP contribution in [0.1, 0.15) is 26.7 Å². The molecule has 0 saturated carbocycles. The van der Waals surface area contributed by atoms with E-state index in [9.17, 15) is 14.9 Å². The van der Waals surface area contributed by atoms with Gasteiger partial charge in [0.25, 0.3) is 5.69 Å². The minimum Gasteiger partial charge on any atom is -0.497 e. The number of hydrogen-bond acceptors (Lipinski definition) is 6. The van der Waals surface area contributed by atoms with Crippen LogP contribution in [0.2, 0.25) is 0 Å². The zero-order chi connectivity index (χ0) is 20.5. The number of anilines is 1. The summed E-state index contributed by atoms with van der Waals surface area (Å²) < 4.78 is 11.0. The number of amides is 1. The number of unbranched alkanes of at least 4 members (excludes halogenated alkanes) is 1. The molecule has 0 bridgehead atoms. The lowest BCUT2D eigenvalue weighted by Gasteiger charge is -2.16. The van der Waals surface area contributed by atoms with Crippen molar-refractivity contribution >= 4 is 29.0 Å². The van der Waals surface area contributed by atoms with Crippen LogP contribution in [0.15, 0.2) is 47.4 Å². The number of ether oxygens (including phenoxy) is 2. The zero-order valence-corrected chi connectivity index (χ0v) is 17.0. The highest BCUT2D eigenvalue weighted by atomic mass is 32.2. The van der Waals surface area contributed by atoms with E-state index in [1.165, 1.54) is 23.9 Å². The maximum absolute atomic E-state index is 12.6. The average molecular weight is 404 g/mol. The zero-order valence-electron chi connectivity index (χ0n) is 16.1. The van der Waals surface area contributed by atoms with Crippen molar-refractivity contribution in [2.75, 3.05) is 19.0 Å². The summed E-state index contributed by atoms with van der Waals surface area (Å²) in [4.78, 5) is 23.7. The second kappa shape index (κ2) is 10.6. The summed E-state index contributed by atoms with van der Waals surface area (Å²) in [7, 11) is 1.56. The summed E-state index contributed by atoms with van der Waals surface area (Å²) >= 11 is 1.32. The number of carbonyl (C=O) groups excluding carboxylic acids is 1. The molecule has 7 nitrogen and oxygen atoms in total. The van der Waals surface area contributed by atoms with Gasteiger partial charge < -0.3 is 14.8 Å². The molecule has 28 heavy (non-hydrogen) atoms. The third-order valence-electron chi connectivity index (χ3n) is 3.93. The molecule has 8 heteroatoms. The van der Waals surface area contributed by atoms with Crippen molar-refractivity contribution in [3.8, 4) is 11.5 Å². The van der Waals surface area contributed by atoms with E-state index in [1.54, 1.807) is 44.4 Å². The maximum atomic E-state index is 12.6. The first-order valence-corrected chi connectivity index (χ1v) is 9.85. The Morgan fingerprint density at radius 3 is 2.57 bits per heavy atom. The first kappa shape index (κ1) is 21.6. The number of hydrogen-bond donors (Lipinski definition) is 1. The molecule has 0 radical (unpaired) electrons. The molecular weight excluding hydrogens is 380 g/mol. The molecule has 0 aromatic heterocycles. The number of methoxy groups -OCH3 is 1. The fourth-order valence-corrected chi connectivity index (χ4v) is 3.19. The first-order valence-electron chi connectivity index (χ1n) is 8.97. The number of nitrogens with zero attached hydrogens (tertiary/aromatic N) is 1. The molecule has 2 aromatic carbocycles. The third-order valence-corrected chi connectivity index (χ3v) is 5.04. The highest BCUT2D eigenvalue weighted by Gasteiger charge is 2.18. The van der Waals surface area contributed by atoms with Crippen molar-refractivity contribution in [3.63, 3.8) is 0 Å². The van der Waals surface area contributed by atoms with Gasteiger partial charge in [-0.25, -0.2) is 0 Å². The van der Waals surface area contributed by atoms with E-state index in [-0.39, 0.29) is 11.6 Å². The van der Waals surface area contributed by atoms with E-state index in [0.29, 0.717) is 23.8 Å². The summed E-state index contributed by atoms with van der Waals surface area (Å²) in [5.74, 6) is 1.01. The van der Waals surface area contributed by atoms with Crippen LogP contribution >= 0.6 is 11.8 Å². The Kier molecular flexibility index (Phi) is 8.13. The summed E-state index contributed by atoms with van der Waals surface area (Å²) in [6, 6.07) is 11.4. The Morgan fingerprint density at radius 1 is 1.25 bits per heavy atom. The number of nitro groups is 1. The highest BCUT2D eigenvalue weighted by molar-refractivity contribution is 8.00. The van der Waals surface area contributed by atoms with Crippen molar-refractivity contribution in [1.82, 2.24) is 0 Å². The number of rotatable bonds is 10. The minimum absolute atomic E-state index is 0.0201. The molecule has 0 heterocycles. The number of carbonyl (C=O) groups is 1. The normalized spacial score (nSPS) is 11.5. The molecule has 1 atom stereocenters. The second-order valence-corrected chi connectivity index (χ2v) is 7.48. The predicted molar refractivity (Wildman–Crippen MR) is 110 cm³/mol. The quantitative estimate of drug-likeness (QED) is 0.262. The van der Waals surface area contributed by atoms with Gasteiger partial charge >= 0.3 is 0 Å². The SMILES string of the molecule is CCCCOc1ccc(OC)cc1NC(=O)C(C)Sc1ccc([N+](=O)[O-])cc1. The number of thioether (sulfide) groups is 1. The average Bonchev–Trinajstić information content (AvgIpc) is 2.69. The highest BCUT2D eigenvalue weighted by Crippen LogP contribution is 2.31. The Balaban J connectivity index is 2.06. The largest absolute Gasteiger partial charge is 0.497 e. The second-order valence-electron chi connectivity index (χ2n) is 6.06. The van der Waals surface area contributed by atoms with Crippen molar-refractivity contribution in [2.45, 2.75) is 36.8 Å². The van der Waals surface area contributed by atoms with Crippen molar-refractivity contribution in [3.05, 3.63) is 52.6 Å². The van der Waals surface area contributed by atoms with Gasteiger partial charge in [-0.3, -0.25) is 14.9 Å². The molecule has 0 spiro atoms. The Bertz CT molecular complexity index is 811. The van der Waals surface area contributed by atoms with Gasteiger partial charge in [0, 0.05) is 23.1 Å². The fraction of sp³-hybridized carbons (Fsp3) is 0.350. The van der Waals surface area contributed by atoms with Gasteiger partial charge in [0.2, 0.25) is 5.91 Å². The Morgan fingerprint density at radius 2 is 1.96 bits per heavy atom. The van der Waals surface area contributed by atoms with Gasteiger partial charge in [-0.05, 0) is 37.6 Å². The van der Waals surface area contributed by atoms with E-state index in [1.807, 2.05) is 0 Å². The lowest BCUT2D eigenvalue weighted by Crippen LogP contribution is -2.22. The van der Waals surface area contributed by atoms with E-state index >= 15 is 0 Å². The standard InChI is InChI=1S/C20H24N2O5S/c1-4-5-12-27-19-11-8-16(26-3)13-18(19)21-20(23)14(2)28-17-9-6-15(7-10-17)22(24)25/h6-11,13-14H,4-5,12H2,1-3H3,(H,21,23). The molecule has 1 unspecified atom stereocenters. The number of nitrogens with one attached hydrogen (secondary N) is 1. The third kappa shape index (κ3) is 6.16. The smallest absolute Gasteiger partial charge is 0.269 e. The topological polar surface area (TPSA) is 90.7 Å². The van der Waals surface area contributed by atoms with Crippen LogP contribution in [0.4, 0.5) is 11.4 Å². The van der Waals surface area contributed by atoms with Crippen LogP contribution < -0.4 is 14.8 Å². The Hall–Kier alpha value is -2.74. The minimum atomic E-state index is -0.451. The molecule has 1 N–H and O–H groups in total. The fourth-order valence-electron chi connectivity index (χ4n) is 2.32. The molecule has 0 aliphatic carbocycles. The van der Waals surface area contributed by atoms with Crippen LogP contribution in [0.5, 0.6) is 11.5 Å². The lowest BCUT2D eigenvalue weighted by atomic mass is 10.2. The molecule has 150 valence electrons. The maximum Gasteiger partial charge on any atom is 0.269 e. The Labute approximate surface area is 168 Å². The summed E-state index contributed by atoms with van der Waals surface area (Å²) in [5.41, 5.74) is 0.573. The predicted octanol–water partition coefficient (Wildman–Crippen LogP) is 4.90. The van der Waals surface area contributed by atoms with Crippen LogP contribution in [0, 0.1) is 10.1 Å².